The Balaban J connectivity index is 2.11. The van der Waals surface area contributed by atoms with E-state index >= 15 is 0 Å². The molecule has 0 amide bonds. The van der Waals surface area contributed by atoms with Crippen molar-refractivity contribution in [3.63, 3.8) is 0 Å². The maximum Gasteiger partial charge on any atom is 0.0926 e. The fraction of sp³-hybridized carbons (Fsp3) is 0.429. The molecule has 3 rings (SSSR count). The first-order valence-corrected chi connectivity index (χ1v) is 6.06. The van der Waals surface area contributed by atoms with E-state index < -0.39 is 0 Å². The number of aromatic nitrogens is 1. The zero-order valence-electron chi connectivity index (χ0n) is 9.45. The topological polar surface area (TPSA) is 30.9 Å². The molecule has 0 unspecified atom stereocenters. The molecule has 1 aliphatic rings. The highest BCUT2D eigenvalue weighted by atomic mass is 15.2. The molecule has 2 nitrogen and oxygen atoms in total. The SMILES string of the molecule is NC1(n2ccc3c[c]ccc32)CCCCC1. The Morgan fingerprint density at radius 3 is 2.81 bits per heavy atom. The fourth-order valence-electron chi connectivity index (χ4n) is 2.82. The summed E-state index contributed by atoms with van der Waals surface area (Å²) < 4.78 is 2.26. The van der Waals surface area contributed by atoms with Gasteiger partial charge in [-0.2, -0.15) is 0 Å². The van der Waals surface area contributed by atoms with Gasteiger partial charge in [-0.25, -0.2) is 0 Å². The van der Waals surface area contributed by atoms with Crippen LogP contribution in [0, 0.1) is 6.07 Å². The Morgan fingerprint density at radius 1 is 1.19 bits per heavy atom. The predicted octanol–water partition coefficient (Wildman–Crippen LogP) is 3.02. The number of hydrogen-bond acceptors (Lipinski definition) is 1. The Kier molecular flexibility index (Phi) is 2.25. The van der Waals surface area contributed by atoms with Crippen molar-refractivity contribution >= 4 is 10.9 Å². The maximum absolute atomic E-state index is 6.54. The summed E-state index contributed by atoms with van der Waals surface area (Å²) in [6.45, 7) is 0. The quantitative estimate of drug-likeness (QED) is 0.775. The second kappa shape index (κ2) is 3.63. The Bertz CT molecular complexity index is 492. The van der Waals surface area contributed by atoms with Gasteiger partial charge in [0.15, 0.2) is 0 Å². The minimum Gasteiger partial charge on any atom is -0.329 e. The molecule has 0 bridgehead atoms. The average Bonchev–Trinajstić information content (AvgIpc) is 2.74. The molecule has 1 saturated carbocycles. The monoisotopic (exact) mass is 213 g/mol. The molecule has 1 radical (unpaired) electrons. The molecule has 2 aromatic rings. The summed E-state index contributed by atoms with van der Waals surface area (Å²) >= 11 is 0. The van der Waals surface area contributed by atoms with Crippen LogP contribution in [-0.4, -0.2) is 4.57 Å². The third kappa shape index (κ3) is 1.45. The van der Waals surface area contributed by atoms with Crippen molar-refractivity contribution in [2.75, 3.05) is 0 Å². The van der Waals surface area contributed by atoms with E-state index in [0.717, 1.165) is 12.8 Å². The van der Waals surface area contributed by atoms with Gasteiger partial charge in [-0.05, 0) is 49.9 Å². The normalized spacial score (nSPS) is 20.1. The summed E-state index contributed by atoms with van der Waals surface area (Å²) in [6, 6.07) is 11.3. The van der Waals surface area contributed by atoms with Gasteiger partial charge in [0.25, 0.3) is 0 Å². The van der Waals surface area contributed by atoms with Crippen LogP contribution in [0.25, 0.3) is 10.9 Å². The number of rotatable bonds is 1. The molecule has 2 heteroatoms. The van der Waals surface area contributed by atoms with E-state index in [1.165, 1.54) is 30.2 Å². The first-order valence-electron chi connectivity index (χ1n) is 6.06. The molecular formula is C14H17N2. The molecule has 1 fully saturated rings. The van der Waals surface area contributed by atoms with E-state index in [0.29, 0.717) is 0 Å². The van der Waals surface area contributed by atoms with Gasteiger partial charge >= 0.3 is 0 Å². The highest BCUT2D eigenvalue weighted by Gasteiger charge is 2.29. The van der Waals surface area contributed by atoms with Crippen molar-refractivity contribution < 1.29 is 0 Å². The molecule has 0 aliphatic heterocycles. The van der Waals surface area contributed by atoms with Crippen LogP contribution in [0.4, 0.5) is 0 Å². The largest absolute Gasteiger partial charge is 0.329 e. The van der Waals surface area contributed by atoms with Gasteiger partial charge in [0.2, 0.25) is 0 Å². The number of nitrogens with zero attached hydrogens (tertiary/aromatic N) is 1. The zero-order chi connectivity index (χ0) is 11.0. The molecular weight excluding hydrogens is 196 g/mol. The highest BCUT2D eigenvalue weighted by Crippen LogP contribution is 2.33. The Hall–Kier alpha value is -1.28. The number of fused-ring (bicyclic) bond motifs is 1. The number of hydrogen-bond donors (Lipinski definition) is 1. The van der Waals surface area contributed by atoms with Gasteiger partial charge in [-0.15, -0.1) is 0 Å². The molecule has 1 aromatic heterocycles. The molecule has 1 aromatic carbocycles. The molecule has 1 heterocycles. The lowest BCUT2D eigenvalue weighted by molar-refractivity contribution is 0.209. The summed E-state index contributed by atoms with van der Waals surface area (Å²) in [5.41, 5.74) is 7.62. The van der Waals surface area contributed by atoms with Gasteiger partial charge in [-0.1, -0.05) is 12.5 Å². The van der Waals surface area contributed by atoms with Crippen molar-refractivity contribution in [1.29, 1.82) is 0 Å². The van der Waals surface area contributed by atoms with Crippen LogP contribution in [0.15, 0.2) is 30.5 Å². The number of nitrogens with two attached hydrogens (primary N) is 1. The van der Waals surface area contributed by atoms with Crippen molar-refractivity contribution in [2.45, 2.75) is 37.8 Å². The second-order valence-corrected chi connectivity index (χ2v) is 4.83. The Morgan fingerprint density at radius 2 is 2.00 bits per heavy atom. The van der Waals surface area contributed by atoms with Crippen LogP contribution in [-0.2, 0) is 5.66 Å². The zero-order valence-corrected chi connectivity index (χ0v) is 9.45. The van der Waals surface area contributed by atoms with E-state index in [-0.39, 0.29) is 5.66 Å². The third-order valence-electron chi connectivity index (χ3n) is 3.73. The Labute approximate surface area is 96.1 Å². The third-order valence-corrected chi connectivity index (χ3v) is 3.73. The molecule has 0 spiro atoms. The van der Waals surface area contributed by atoms with Gasteiger partial charge < -0.3 is 10.3 Å². The minimum atomic E-state index is -0.165. The summed E-state index contributed by atoms with van der Waals surface area (Å²) in [5, 5.41) is 1.23. The number of benzene rings is 1. The van der Waals surface area contributed by atoms with E-state index in [4.69, 9.17) is 5.73 Å². The summed E-state index contributed by atoms with van der Waals surface area (Å²) in [7, 11) is 0. The highest BCUT2D eigenvalue weighted by molar-refractivity contribution is 5.80. The van der Waals surface area contributed by atoms with Crippen molar-refractivity contribution in [3.05, 3.63) is 36.5 Å². The van der Waals surface area contributed by atoms with Crippen LogP contribution in [0.3, 0.4) is 0 Å². The molecule has 2 N–H and O–H groups in total. The van der Waals surface area contributed by atoms with Crippen molar-refractivity contribution in [3.8, 4) is 0 Å². The fourth-order valence-corrected chi connectivity index (χ4v) is 2.82. The lowest BCUT2D eigenvalue weighted by Crippen LogP contribution is -2.44. The van der Waals surface area contributed by atoms with E-state index in [1.807, 2.05) is 12.1 Å². The van der Waals surface area contributed by atoms with Crippen LogP contribution < -0.4 is 5.73 Å². The predicted molar refractivity (Wildman–Crippen MR) is 66.0 cm³/mol. The standard InChI is InChI=1S/C14H17N2/c15-14(9-4-1-5-10-14)16-11-8-12-6-2-3-7-13(12)16/h3,6-8,11H,1,4-5,9-10,15H2. The van der Waals surface area contributed by atoms with Crippen molar-refractivity contribution in [1.82, 2.24) is 4.57 Å². The summed E-state index contributed by atoms with van der Waals surface area (Å²) in [5.74, 6) is 0. The molecule has 0 atom stereocenters. The average molecular weight is 213 g/mol. The molecule has 1 aliphatic carbocycles. The lowest BCUT2D eigenvalue weighted by atomic mass is 9.89. The van der Waals surface area contributed by atoms with Gasteiger partial charge in [0.05, 0.1) is 5.66 Å². The second-order valence-electron chi connectivity index (χ2n) is 4.83. The van der Waals surface area contributed by atoms with Crippen LogP contribution in [0.2, 0.25) is 0 Å². The first-order chi connectivity index (χ1) is 7.80. The summed E-state index contributed by atoms with van der Waals surface area (Å²) in [4.78, 5) is 0. The van der Waals surface area contributed by atoms with Crippen LogP contribution in [0.5, 0.6) is 0 Å². The summed E-state index contributed by atoms with van der Waals surface area (Å²) in [6.07, 6.45) is 8.13. The van der Waals surface area contributed by atoms with E-state index in [9.17, 15) is 0 Å². The van der Waals surface area contributed by atoms with Crippen LogP contribution in [0.1, 0.15) is 32.1 Å². The lowest BCUT2D eigenvalue weighted by Gasteiger charge is -2.35. The van der Waals surface area contributed by atoms with Gasteiger partial charge in [0.1, 0.15) is 0 Å². The molecule has 0 saturated heterocycles. The van der Waals surface area contributed by atoms with Crippen LogP contribution >= 0.6 is 0 Å². The van der Waals surface area contributed by atoms with E-state index in [1.54, 1.807) is 0 Å². The smallest absolute Gasteiger partial charge is 0.0926 e. The van der Waals surface area contributed by atoms with Crippen molar-refractivity contribution in [2.24, 2.45) is 5.73 Å². The first kappa shape index (κ1) is 9.91. The van der Waals surface area contributed by atoms with E-state index in [2.05, 4.69) is 29.0 Å². The maximum atomic E-state index is 6.54. The van der Waals surface area contributed by atoms with Gasteiger partial charge in [-0.3, -0.25) is 0 Å². The minimum absolute atomic E-state index is 0.165. The molecule has 16 heavy (non-hydrogen) atoms. The molecule has 83 valence electrons. The van der Waals surface area contributed by atoms with Gasteiger partial charge in [0, 0.05) is 17.1 Å².